The van der Waals surface area contributed by atoms with Crippen molar-refractivity contribution in [2.75, 3.05) is 33.7 Å². The zero-order chi connectivity index (χ0) is 15.2. The van der Waals surface area contributed by atoms with E-state index in [0.29, 0.717) is 6.54 Å². The Kier molecular flexibility index (Phi) is 6.18. The lowest BCUT2D eigenvalue weighted by molar-refractivity contribution is 0.234. The first-order valence-corrected chi connectivity index (χ1v) is 8.53. The minimum Gasteiger partial charge on any atom is -0.326 e. The highest BCUT2D eigenvalue weighted by Gasteiger charge is 2.14. The van der Waals surface area contributed by atoms with Gasteiger partial charge in [0.2, 0.25) is 0 Å². The highest BCUT2D eigenvalue weighted by molar-refractivity contribution is 7.19. The van der Waals surface area contributed by atoms with E-state index in [0.717, 1.165) is 26.2 Å². The maximum atomic E-state index is 5.97. The Morgan fingerprint density at radius 3 is 2.52 bits per heavy atom. The normalized spacial score (nSPS) is 11.9. The van der Waals surface area contributed by atoms with Crippen LogP contribution in [0, 0.1) is 0 Å². The zero-order valence-corrected chi connectivity index (χ0v) is 14.2. The number of rotatable bonds is 8. The molecule has 0 amide bonds. The van der Waals surface area contributed by atoms with E-state index in [9.17, 15) is 0 Å². The first-order chi connectivity index (χ1) is 10.2. The van der Waals surface area contributed by atoms with E-state index < -0.39 is 0 Å². The minimum absolute atomic E-state index is 0.641. The van der Waals surface area contributed by atoms with Crippen molar-refractivity contribution in [2.45, 2.75) is 26.4 Å². The fraction of sp³-hybridized carbons (Fsp3) is 0.529. The Bertz CT molecular complexity index is 562. The van der Waals surface area contributed by atoms with Crippen LogP contribution in [0.5, 0.6) is 0 Å². The van der Waals surface area contributed by atoms with Crippen LogP contribution in [0.25, 0.3) is 10.1 Å². The van der Waals surface area contributed by atoms with Gasteiger partial charge in [0.05, 0.1) is 0 Å². The fourth-order valence-electron chi connectivity index (χ4n) is 2.64. The number of benzene rings is 1. The van der Waals surface area contributed by atoms with Crippen LogP contribution < -0.4 is 5.73 Å². The van der Waals surface area contributed by atoms with E-state index in [1.54, 1.807) is 0 Å². The summed E-state index contributed by atoms with van der Waals surface area (Å²) < 4.78 is 1.36. The van der Waals surface area contributed by atoms with E-state index in [1.807, 2.05) is 11.3 Å². The first kappa shape index (κ1) is 16.4. The molecule has 3 nitrogen and oxygen atoms in total. The maximum Gasteiger partial charge on any atom is 0.0349 e. The van der Waals surface area contributed by atoms with E-state index in [2.05, 4.69) is 55.1 Å². The van der Waals surface area contributed by atoms with Crippen molar-refractivity contribution in [3.63, 3.8) is 0 Å². The van der Waals surface area contributed by atoms with Gasteiger partial charge in [-0.25, -0.2) is 0 Å². The summed E-state index contributed by atoms with van der Waals surface area (Å²) in [4.78, 5) is 6.13. The number of nitrogens with two attached hydrogens (primary N) is 1. The smallest absolute Gasteiger partial charge is 0.0349 e. The van der Waals surface area contributed by atoms with Crippen LogP contribution >= 0.6 is 11.3 Å². The van der Waals surface area contributed by atoms with Gasteiger partial charge in [-0.3, -0.25) is 4.90 Å². The number of nitrogens with zero attached hydrogens (tertiary/aromatic N) is 2. The molecule has 0 unspecified atom stereocenters. The molecular weight excluding hydrogens is 278 g/mol. The number of hydrogen-bond donors (Lipinski definition) is 1. The number of hydrogen-bond acceptors (Lipinski definition) is 4. The van der Waals surface area contributed by atoms with Crippen molar-refractivity contribution >= 4 is 21.4 Å². The molecule has 2 rings (SSSR count). The summed E-state index contributed by atoms with van der Waals surface area (Å²) in [7, 11) is 4.27. The lowest BCUT2D eigenvalue weighted by Crippen LogP contribution is -2.32. The Hall–Kier alpha value is -0.940. The summed E-state index contributed by atoms with van der Waals surface area (Å²) >= 11 is 1.85. The lowest BCUT2D eigenvalue weighted by Gasteiger charge is -2.24. The highest BCUT2D eigenvalue weighted by atomic mass is 32.1. The van der Waals surface area contributed by atoms with Crippen molar-refractivity contribution in [1.29, 1.82) is 0 Å². The molecule has 0 saturated carbocycles. The van der Waals surface area contributed by atoms with Crippen molar-refractivity contribution in [3.8, 4) is 0 Å². The van der Waals surface area contributed by atoms with Gasteiger partial charge in [0, 0.05) is 35.8 Å². The molecule has 1 aromatic heterocycles. The molecule has 1 heterocycles. The van der Waals surface area contributed by atoms with E-state index in [4.69, 9.17) is 5.73 Å². The Morgan fingerprint density at radius 1 is 1.10 bits per heavy atom. The predicted molar refractivity (Wildman–Crippen MR) is 93.8 cm³/mol. The molecule has 0 aliphatic rings. The molecule has 0 bridgehead atoms. The molecule has 21 heavy (non-hydrogen) atoms. The number of fused-ring (bicyclic) bond motifs is 1. The molecule has 2 aromatic rings. The summed E-state index contributed by atoms with van der Waals surface area (Å²) in [5.41, 5.74) is 7.41. The van der Waals surface area contributed by atoms with Crippen LogP contribution in [-0.2, 0) is 13.1 Å². The third-order valence-electron chi connectivity index (χ3n) is 3.75. The summed E-state index contributed by atoms with van der Waals surface area (Å²) in [5, 5.41) is 1.38. The monoisotopic (exact) mass is 305 g/mol. The molecule has 0 fully saturated rings. The lowest BCUT2D eigenvalue weighted by atomic mass is 10.1. The third-order valence-corrected chi connectivity index (χ3v) is 4.99. The van der Waals surface area contributed by atoms with Gasteiger partial charge in [-0.1, -0.05) is 25.1 Å². The number of likely N-dealkylation sites (N-methyl/N-ethyl adjacent to an activating group) is 1. The topological polar surface area (TPSA) is 32.5 Å². The summed E-state index contributed by atoms with van der Waals surface area (Å²) in [6.45, 7) is 7.25. The first-order valence-electron chi connectivity index (χ1n) is 7.72. The van der Waals surface area contributed by atoms with Gasteiger partial charge in [-0.2, -0.15) is 0 Å². The summed E-state index contributed by atoms with van der Waals surface area (Å²) in [6.07, 6.45) is 1.19. The Morgan fingerprint density at radius 2 is 1.86 bits per heavy atom. The van der Waals surface area contributed by atoms with Crippen molar-refractivity contribution < 1.29 is 0 Å². The quantitative estimate of drug-likeness (QED) is 0.813. The van der Waals surface area contributed by atoms with Crippen molar-refractivity contribution in [2.24, 2.45) is 5.73 Å². The Labute approximate surface area is 132 Å². The standard InChI is InChI=1S/C17H27N3S/c1-4-9-20(11-10-19(2)3)13-15-14-7-5-6-8-16(14)21-17(15)12-18/h5-8H,4,9-13,18H2,1-3H3. The van der Waals surface area contributed by atoms with Gasteiger partial charge in [0.25, 0.3) is 0 Å². The Balaban J connectivity index is 2.22. The van der Waals surface area contributed by atoms with E-state index in [-0.39, 0.29) is 0 Å². The maximum absolute atomic E-state index is 5.97. The second kappa shape index (κ2) is 7.90. The van der Waals surface area contributed by atoms with Crippen molar-refractivity contribution in [3.05, 3.63) is 34.7 Å². The van der Waals surface area contributed by atoms with Gasteiger partial charge in [-0.15, -0.1) is 11.3 Å². The van der Waals surface area contributed by atoms with Crippen LogP contribution in [0.15, 0.2) is 24.3 Å². The fourth-order valence-corrected chi connectivity index (χ4v) is 3.73. The molecule has 4 heteroatoms. The molecule has 2 N–H and O–H groups in total. The molecule has 0 saturated heterocycles. The summed E-state index contributed by atoms with van der Waals surface area (Å²) in [5.74, 6) is 0. The molecule has 0 radical (unpaired) electrons. The SMILES string of the molecule is CCCN(CCN(C)C)Cc1c(CN)sc2ccccc12. The van der Waals surface area contributed by atoms with Gasteiger partial charge >= 0.3 is 0 Å². The van der Waals surface area contributed by atoms with Crippen LogP contribution in [0.4, 0.5) is 0 Å². The van der Waals surface area contributed by atoms with Gasteiger partial charge in [0.1, 0.15) is 0 Å². The van der Waals surface area contributed by atoms with Gasteiger partial charge in [0.15, 0.2) is 0 Å². The molecule has 0 atom stereocenters. The molecule has 116 valence electrons. The van der Waals surface area contributed by atoms with Crippen LogP contribution in [-0.4, -0.2) is 43.5 Å². The minimum atomic E-state index is 0.641. The van der Waals surface area contributed by atoms with Gasteiger partial charge in [-0.05, 0) is 44.1 Å². The molecular formula is C17H27N3S. The van der Waals surface area contributed by atoms with E-state index in [1.165, 1.54) is 26.9 Å². The molecule has 0 aliphatic heterocycles. The molecule has 0 aliphatic carbocycles. The average molecular weight is 305 g/mol. The van der Waals surface area contributed by atoms with Crippen molar-refractivity contribution in [1.82, 2.24) is 9.80 Å². The summed E-state index contributed by atoms with van der Waals surface area (Å²) in [6, 6.07) is 8.67. The number of thiophene rings is 1. The average Bonchev–Trinajstić information content (AvgIpc) is 2.83. The largest absolute Gasteiger partial charge is 0.326 e. The van der Waals surface area contributed by atoms with Crippen LogP contribution in [0.2, 0.25) is 0 Å². The van der Waals surface area contributed by atoms with E-state index >= 15 is 0 Å². The molecule has 0 spiro atoms. The molecule has 1 aromatic carbocycles. The van der Waals surface area contributed by atoms with Crippen LogP contribution in [0.3, 0.4) is 0 Å². The predicted octanol–water partition coefficient (Wildman–Crippen LogP) is 3.13. The van der Waals surface area contributed by atoms with Gasteiger partial charge < -0.3 is 10.6 Å². The second-order valence-electron chi connectivity index (χ2n) is 5.78. The third kappa shape index (κ3) is 4.27. The second-order valence-corrected chi connectivity index (χ2v) is 6.92. The zero-order valence-electron chi connectivity index (χ0n) is 13.4. The highest BCUT2D eigenvalue weighted by Crippen LogP contribution is 2.31. The van der Waals surface area contributed by atoms with Crippen LogP contribution in [0.1, 0.15) is 23.8 Å².